The number of anilines is 1. The van der Waals surface area contributed by atoms with Crippen LogP contribution in [0.5, 0.6) is 0 Å². The van der Waals surface area contributed by atoms with Gasteiger partial charge in [-0.3, -0.25) is 14.4 Å². The Morgan fingerprint density at radius 3 is 2.33 bits per heavy atom. The van der Waals surface area contributed by atoms with E-state index in [4.69, 9.17) is 4.74 Å². The number of rotatable bonds is 9. The van der Waals surface area contributed by atoms with Gasteiger partial charge in [0.2, 0.25) is 10.0 Å². The van der Waals surface area contributed by atoms with Gasteiger partial charge in [-0.25, -0.2) is 13.2 Å². The molecule has 0 bridgehead atoms. The van der Waals surface area contributed by atoms with E-state index in [1.165, 1.54) is 44.4 Å². The maximum atomic E-state index is 12.2. The molecule has 0 aliphatic carbocycles. The number of benzene rings is 1. The smallest absolute Gasteiger partial charge is 0.350 e. The standard InChI is InChI=1S/C18H18N2O8S2/c1-11(21)12-3-5-13(6-4-12)30(25,26)19-9-16(23)28-10-15(22)20-14-7-8-29-17(14)18(24)27-2/h3-8,19H,9-10H2,1-2H3,(H,20,22). The van der Waals surface area contributed by atoms with Crippen LogP contribution in [-0.2, 0) is 29.1 Å². The number of nitrogens with one attached hydrogen (secondary N) is 2. The molecule has 12 heteroatoms. The highest BCUT2D eigenvalue weighted by atomic mass is 32.2. The number of carbonyl (C=O) groups is 4. The van der Waals surface area contributed by atoms with Crippen LogP contribution in [0.2, 0.25) is 0 Å². The van der Waals surface area contributed by atoms with E-state index in [2.05, 4.69) is 10.1 Å². The summed E-state index contributed by atoms with van der Waals surface area (Å²) in [4.78, 5) is 46.5. The van der Waals surface area contributed by atoms with Crippen LogP contribution in [0.4, 0.5) is 5.69 Å². The Morgan fingerprint density at radius 2 is 1.73 bits per heavy atom. The number of Topliss-reactive ketones (excluding diaryl/α,β-unsaturated/α-hetero) is 1. The number of thiophene rings is 1. The lowest BCUT2D eigenvalue weighted by Gasteiger charge is -2.08. The van der Waals surface area contributed by atoms with E-state index in [9.17, 15) is 27.6 Å². The van der Waals surface area contributed by atoms with Crippen LogP contribution in [0, 0.1) is 0 Å². The molecule has 2 rings (SSSR count). The predicted molar refractivity (Wildman–Crippen MR) is 107 cm³/mol. The molecule has 0 aliphatic heterocycles. The predicted octanol–water partition coefficient (Wildman–Crippen LogP) is 1.20. The number of esters is 2. The monoisotopic (exact) mass is 454 g/mol. The number of ketones is 1. The highest BCUT2D eigenvalue weighted by Crippen LogP contribution is 2.22. The molecule has 0 saturated heterocycles. The summed E-state index contributed by atoms with van der Waals surface area (Å²) in [5.74, 6) is -2.53. The summed E-state index contributed by atoms with van der Waals surface area (Å²) >= 11 is 1.07. The van der Waals surface area contributed by atoms with Crippen molar-refractivity contribution in [3.05, 3.63) is 46.2 Å². The molecular weight excluding hydrogens is 436 g/mol. The van der Waals surface area contributed by atoms with Crippen LogP contribution in [0.15, 0.2) is 40.6 Å². The van der Waals surface area contributed by atoms with Crippen molar-refractivity contribution in [3.8, 4) is 0 Å². The van der Waals surface area contributed by atoms with Crippen LogP contribution in [0.1, 0.15) is 27.0 Å². The van der Waals surface area contributed by atoms with E-state index in [1.807, 2.05) is 4.72 Å². The van der Waals surface area contributed by atoms with Gasteiger partial charge in [0.1, 0.15) is 11.4 Å². The molecule has 0 aliphatic rings. The van der Waals surface area contributed by atoms with E-state index in [0.29, 0.717) is 5.56 Å². The highest BCUT2D eigenvalue weighted by Gasteiger charge is 2.18. The van der Waals surface area contributed by atoms with Crippen molar-refractivity contribution in [1.82, 2.24) is 4.72 Å². The molecule has 2 N–H and O–H groups in total. The minimum absolute atomic E-state index is 0.133. The summed E-state index contributed by atoms with van der Waals surface area (Å²) < 4.78 is 35.7. The Labute approximate surface area is 176 Å². The topological polar surface area (TPSA) is 145 Å². The summed E-state index contributed by atoms with van der Waals surface area (Å²) in [5, 5.41) is 3.98. The second-order valence-electron chi connectivity index (χ2n) is 5.77. The normalized spacial score (nSPS) is 10.9. The number of hydrogen-bond acceptors (Lipinski definition) is 9. The summed E-state index contributed by atoms with van der Waals surface area (Å²) in [6, 6.07) is 6.66. The Bertz CT molecular complexity index is 1060. The quantitative estimate of drug-likeness (QED) is 0.425. The van der Waals surface area contributed by atoms with Gasteiger partial charge in [-0.2, -0.15) is 4.72 Å². The molecule has 10 nitrogen and oxygen atoms in total. The second-order valence-corrected chi connectivity index (χ2v) is 8.45. The molecule has 0 unspecified atom stereocenters. The van der Waals surface area contributed by atoms with Gasteiger partial charge in [0.15, 0.2) is 12.4 Å². The molecule has 0 atom stereocenters. The summed E-state index contributed by atoms with van der Waals surface area (Å²) in [6.45, 7) is -0.0250. The molecule has 0 fully saturated rings. The van der Waals surface area contributed by atoms with Crippen LogP contribution < -0.4 is 10.0 Å². The van der Waals surface area contributed by atoms with E-state index in [0.717, 1.165) is 11.3 Å². The van der Waals surface area contributed by atoms with Gasteiger partial charge >= 0.3 is 11.9 Å². The first-order valence-corrected chi connectivity index (χ1v) is 10.7. The van der Waals surface area contributed by atoms with Crippen molar-refractivity contribution in [1.29, 1.82) is 0 Å². The molecule has 1 aromatic heterocycles. The van der Waals surface area contributed by atoms with Gasteiger partial charge in [0, 0.05) is 5.56 Å². The third kappa shape index (κ3) is 6.20. The molecule has 160 valence electrons. The average molecular weight is 454 g/mol. The van der Waals surface area contributed by atoms with Crippen molar-refractivity contribution >= 4 is 50.7 Å². The molecule has 0 spiro atoms. The SMILES string of the molecule is COC(=O)c1sccc1NC(=O)COC(=O)CNS(=O)(=O)c1ccc(C(C)=O)cc1. The largest absolute Gasteiger partial charge is 0.465 e. The zero-order valence-electron chi connectivity index (χ0n) is 16.0. The lowest BCUT2D eigenvalue weighted by Crippen LogP contribution is -2.32. The molecule has 1 heterocycles. The maximum absolute atomic E-state index is 12.2. The third-order valence-electron chi connectivity index (χ3n) is 3.65. The first-order valence-electron chi connectivity index (χ1n) is 8.36. The molecule has 0 radical (unpaired) electrons. The van der Waals surface area contributed by atoms with Gasteiger partial charge < -0.3 is 14.8 Å². The first-order chi connectivity index (χ1) is 14.1. The Hall–Kier alpha value is -3.09. The Balaban J connectivity index is 1.84. The maximum Gasteiger partial charge on any atom is 0.350 e. The highest BCUT2D eigenvalue weighted by molar-refractivity contribution is 7.89. The molecule has 0 saturated carbocycles. The van der Waals surface area contributed by atoms with Crippen molar-refractivity contribution in [2.24, 2.45) is 0 Å². The fourth-order valence-electron chi connectivity index (χ4n) is 2.15. The number of hydrogen-bond donors (Lipinski definition) is 2. The zero-order chi connectivity index (χ0) is 22.3. The lowest BCUT2D eigenvalue weighted by atomic mass is 10.2. The van der Waals surface area contributed by atoms with Crippen LogP contribution >= 0.6 is 11.3 Å². The zero-order valence-corrected chi connectivity index (χ0v) is 17.6. The molecular formula is C18H18N2O8S2. The van der Waals surface area contributed by atoms with Gasteiger partial charge in [-0.05, 0) is 30.5 Å². The van der Waals surface area contributed by atoms with E-state index in [-0.39, 0.29) is 21.2 Å². The van der Waals surface area contributed by atoms with Crippen molar-refractivity contribution in [2.75, 3.05) is 25.6 Å². The van der Waals surface area contributed by atoms with E-state index >= 15 is 0 Å². The minimum Gasteiger partial charge on any atom is -0.465 e. The second kappa shape index (κ2) is 10.1. The van der Waals surface area contributed by atoms with Gasteiger partial charge in [0.25, 0.3) is 5.91 Å². The average Bonchev–Trinajstić information content (AvgIpc) is 3.18. The fraction of sp³-hybridized carbons (Fsp3) is 0.222. The van der Waals surface area contributed by atoms with Gasteiger partial charge in [-0.1, -0.05) is 12.1 Å². The van der Waals surface area contributed by atoms with Crippen molar-refractivity contribution in [2.45, 2.75) is 11.8 Å². The molecule has 1 amide bonds. The number of ether oxygens (including phenoxy) is 2. The van der Waals surface area contributed by atoms with E-state index < -0.39 is 41.0 Å². The van der Waals surface area contributed by atoms with Gasteiger partial charge in [-0.15, -0.1) is 11.3 Å². The number of sulfonamides is 1. The fourth-order valence-corrected chi connectivity index (χ4v) is 3.88. The summed E-state index contributed by atoms with van der Waals surface area (Å²) in [7, 11) is -2.81. The molecule has 1 aromatic carbocycles. The first kappa shape index (κ1) is 23.2. The van der Waals surface area contributed by atoms with Crippen molar-refractivity contribution < 1.29 is 37.1 Å². The minimum atomic E-state index is -4.01. The number of amides is 1. The van der Waals surface area contributed by atoms with Crippen molar-refractivity contribution in [3.63, 3.8) is 0 Å². The van der Waals surface area contributed by atoms with Crippen LogP contribution in [-0.4, -0.2) is 52.3 Å². The van der Waals surface area contributed by atoms with E-state index in [1.54, 1.807) is 5.38 Å². The summed E-state index contributed by atoms with van der Waals surface area (Å²) in [5.41, 5.74) is 0.558. The Kier molecular flexibility index (Phi) is 7.80. The lowest BCUT2D eigenvalue weighted by molar-refractivity contribution is -0.146. The molecule has 2 aromatic rings. The number of methoxy groups -OCH3 is 1. The van der Waals surface area contributed by atoms with Crippen LogP contribution in [0.25, 0.3) is 0 Å². The van der Waals surface area contributed by atoms with Gasteiger partial charge in [0.05, 0.1) is 17.7 Å². The third-order valence-corrected chi connectivity index (χ3v) is 5.96. The number of carbonyl (C=O) groups excluding carboxylic acids is 4. The Morgan fingerprint density at radius 1 is 1.07 bits per heavy atom. The molecule has 30 heavy (non-hydrogen) atoms. The summed E-state index contributed by atoms with van der Waals surface area (Å²) in [6.07, 6.45) is 0. The van der Waals surface area contributed by atoms with Crippen LogP contribution in [0.3, 0.4) is 0 Å².